The first kappa shape index (κ1) is 19.7. The van der Waals surface area contributed by atoms with Crippen LogP contribution >= 0.6 is 0 Å². The molecule has 1 aromatic carbocycles. The summed E-state index contributed by atoms with van der Waals surface area (Å²) in [7, 11) is 1.71. The van der Waals surface area contributed by atoms with E-state index in [1.807, 2.05) is 0 Å². The fourth-order valence-electron chi connectivity index (χ4n) is 2.97. The summed E-state index contributed by atoms with van der Waals surface area (Å²) in [6, 6.07) is 4.77. The van der Waals surface area contributed by atoms with E-state index >= 15 is 0 Å². The minimum Gasteiger partial charge on any atom is -0.422 e. The Morgan fingerprint density at radius 1 is 1.39 bits per heavy atom. The van der Waals surface area contributed by atoms with Crippen LogP contribution in [0.15, 0.2) is 24.4 Å². The quantitative estimate of drug-likeness (QED) is 0.552. The van der Waals surface area contributed by atoms with Crippen LogP contribution in [0.25, 0.3) is 0 Å². The molecule has 9 heteroatoms. The first-order valence-electron chi connectivity index (χ1n) is 8.69. The number of halogens is 1. The van der Waals surface area contributed by atoms with Crippen LogP contribution in [0.5, 0.6) is 0 Å². The number of nitrogens with one attached hydrogen (secondary N) is 2. The third-order valence-electron chi connectivity index (χ3n) is 4.47. The number of nitrogens with zero attached hydrogens (tertiary/aromatic N) is 3. The van der Waals surface area contributed by atoms with E-state index in [1.54, 1.807) is 39.2 Å². The molecule has 0 bridgehead atoms. The summed E-state index contributed by atoms with van der Waals surface area (Å²) in [6.45, 7) is 4.67. The second-order valence-electron chi connectivity index (χ2n) is 7.27. The maximum atomic E-state index is 13.1. The molecule has 0 saturated heterocycles. The van der Waals surface area contributed by atoms with Gasteiger partial charge in [-0.25, -0.2) is 4.39 Å². The summed E-state index contributed by atoms with van der Waals surface area (Å²) in [5, 5.41) is 30.0. The number of ether oxygens (including phenoxy) is 1. The van der Waals surface area contributed by atoms with Gasteiger partial charge in [-0.05, 0) is 38.5 Å². The molecule has 1 aromatic heterocycles. The number of aromatic nitrogens is 2. The lowest BCUT2D eigenvalue weighted by Crippen LogP contribution is -2.27. The van der Waals surface area contributed by atoms with E-state index < -0.39 is 23.6 Å². The van der Waals surface area contributed by atoms with Crippen molar-refractivity contribution in [3.8, 4) is 0 Å². The van der Waals surface area contributed by atoms with E-state index in [1.165, 1.54) is 15.6 Å². The fourth-order valence-corrected chi connectivity index (χ4v) is 2.97. The molecule has 1 amide bonds. The standard InChI is InChI=1S/C19H22FN5O3/c1-10(20)15(21)28-16(22)11-5-6-12-8-25(18(26)13(12)7-11)17-14(19(2,3)27)9-24(4)23-17/h5-7,9-10,21-22,27H,8H2,1-4H3. The van der Waals surface area contributed by atoms with Crippen LogP contribution in [-0.2, 0) is 23.9 Å². The van der Waals surface area contributed by atoms with E-state index in [9.17, 15) is 14.3 Å². The topological polar surface area (TPSA) is 115 Å². The Bertz CT molecular complexity index is 974. The van der Waals surface area contributed by atoms with Crippen LogP contribution in [0.2, 0.25) is 0 Å². The van der Waals surface area contributed by atoms with E-state index in [0.29, 0.717) is 16.9 Å². The Balaban J connectivity index is 1.91. The molecule has 148 valence electrons. The summed E-state index contributed by atoms with van der Waals surface area (Å²) in [5.74, 6) is -1.01. The molecule has 1 aliphatic rings. The number of aryl methyl sites for hydroxylation is 1. The molecule has 2 aromatic rings. The van der Waals surface area contributed by atoms with Gasteiger partial charge in [0.05, 0.1) is 12.1 Å². The number of fused-ring (bicyclic) bond motifs is 1. The average Bonchev–Trinajstić information content (AvgIpc) is 3.14. The largest absolute Gasteiger partial charge is 0.422 e. The summed E-state index contributed by atoms with van der Waals surface area (Å²) in [6.07, 6.45) is 0.0425. The minimum atomic E-state index is -1.63. The van der Waals surface area contributed by atoms with Crippen molar-refractivity contribution in [1.29, 1.82) is 10.8 Å². The highest BCUT2D eigenvalue weighted by molar-refractivity contribution is 6.11. The predicted octanol–water partition coefficient (Wildman–Crippen LogP) is 2.49. The lowest BCUT2D eigenvalue weighted by molar-refractivity contribution is 0.0787. The Labute approximate surface area is 161 Å². The van der Waals surface area contributed by atoms with Gasteiger partial charge in [-0.2, -0.15) is 5.10 Å². The molecule has 0 aliphatic carbocycles. The molecule has 0 spiro atoms. The molecular weight excluding hydrogens is 365 g/mol. The number of benzene rings is 1. The van der Waals surface area contributed by atoms with Crippen LogP contribution < -0.4 is 4.90 Å². The summed E-state index contributed by atoms with van der Waals surface area (Å²) >= 11 is 0. The summed E-state index contributed by atoms with van der Waals surface area (Å²) in [4.78, 5) is 14.4. The predicted molar refractivity (Wildman–Crippen MR) is 102 cm³/mol. The fraction of sp³-hybridized carbons (Fsp3) is 0.368. The molecule has 1 aliphatic heterocycles. The number of alkyl halides is 1. The Kier molecular flexibility index (Phi) is 4.80. The second kappa shape index (κ2) is 6.83. The summed E-state index contributed by atoms with van der Waals surface area (Å²) in [5.41, 5.74) is 0.727. The number of rotatable bonds is 4. The van der Waals surface area contributed by atoms with Gasteiger partial charge in [0, 0.05) is 29.9 Å². The average molecular weight is 387 g/mol. The van der Waals surface area contributed by atoms with Crippen molar-refractivity contribution in [2.24, 2.45) is 7.05 Å². The van der Waals surface area contributed by atoms with Crippen LogP contribution in [0.1, 0.15) is 47.8 Å². The highest BCUT2D eigenvalue weighted by Crippen LogP contribution is 2.34. The number of aliphatic hydroxyl groups is 1. The zero-order valence-corrected chi connectivity index (χ0v) is 16.1. The van der Waals surface area contributed by atoms with Crippen LogP contribution in [-0.4, -0.2) is 38.8 Å². The molecular formula is C19H22FN5O3. The first-order valence-corrected chi connectivity index (χ1v) is 8.69. The van der Waals surface area contributed by atoms with Crippen LogP contribution in [0.4, 0.5) is 10.2 Å². The highest BCUT2D eigenvalue weighted by Gasteiger charge is 2.35. The SMILES string of the molecule is CC(F)C(=N)OC(=N)c1ccc2c(c1)C(=O)N(c1nn(C)cc1C(C)(C)O)C2. The van der Waals surface area contributed by atoms with E-state index in [4.69, 9.17) is 15.6 Å². The molecule has 1 atom stereocenters. The number of anilines is 1. The molecule has 28 heavy (non-hydrogen) atoms. The third-order valence-corrected chi connectivity index (χ3v) is 4.47. The zero-order chi connectivity index (χ0) is 20.8. The molecule has 3 rings (SSSR count). The van der Waals surface area contributed by atoms with Gasteiger partial charge in [0.15, 0.2) is 12.0 Å². The molecule has 3 N–H and O–H groups in total. The second-order valence-corrected chi connectivity index (χ2v) is 7.27. The van der Waals surface area contributed by atoms with Gasteiger partial charge in [-0.1, -0.05) is 6.07 Å². The number of hydrogen-bond donors (Lipinski definition) is 3. The molecule has 0 saturated carbocycles. The maximum absolute atomic E-state index is 13.1. The van der Waals surface area contributed by atoms with Crippen LogP contribution in [0.3, 0.4) is 0 Å². The van der Waals surface area contributed by atoms with Gasteiger partial charge in [0.25, 0.3) is 5.91 Å². The lowest BCUT2D eigenvalue weighted by Gasteiger charge is -2.21. The third kappa shape index (κ3) is 3.53. The Morgan fingerprint density at radius 3 is 2.68 bits per heavy atom. The van der Waals surface area contributed by atoms with Crippen LogP contribution in [0, 0.1) is 10.8 Å². The Morgan fingerprint density at radius 2 is 2.07 bits per heavy atom. The highest BCUT2D eigenvalue weighted by atomic mass is 19.1. The van der Waals surface area contributed by atoms with Gasteiger partial charge in [0.2, 0.25) is 11.8 Å². The Hall–Kier alpha value is -3.07. The van der Waals surface area contributed by atoms with E-state index in [0.717, 1.165) is 12.5 Å². The summed E-state index contributed by atoms with van der Waals surface area (Å²) < 4.78 is 19.5. The van der Waals surface area contributed by atoms with Crippen molar-refractivity contribution in [3.05, 3.63) is 46.6 Å². The van der Waals surface area contributed by atoms with Gasteiger partial charge >= 0.3 is 0 Å². The number of carbonyl (C=O) groups is 1. The zero-order valence-electron chi connectivity index (χ0n) is 16.1. The van der Waals surface area contributed by atoms with Crippen molar-refractivity contribution in [1.82, 2.24) is 9.78 Å². The van der Waals surface area contributed by atoms with Gasteiger partial charge in [-0.3, -0.25) is 25.2 Å². The van der Waals surface area contributed by atoms with Crippen molar-refractivity contribution >= 4 is 23.5 Å². The normalized spacial score (nSPS) is 14.8. The van der Waals surface area contributed by atoms with Crippen molar-refractivity contribution in [3.63, 3.8) is 0 Å². The molecule has 2 heterocycles. The van der Waals surface area contributed by atoms with Gasteiger partial charge in [-0.15, -0.1) is 0 Å². The van der Waals surface area contributed by atoms with E-state index in [2.05, 4.69) is 5.10 Å². The van der Waals surface area contributed by atoms with Crippen molar-refractivity contribution in [2.75, 3.05) is 4.90 Å². The monoisotopic (exact) mass is 387 g/mol. The van der Waals surface area contributed by atoms with Gasteiger partial charge in [0.1, 0.15) is 0 Å². The van der Waals surface area contributed by atoms with E-state index in [-0.39, 0.29) is 18.0 Å². The van der Waals surface area contributed by atoms with Gasteiger partial charge < -0.3 is 9.84 Å². The van der Waals surface area contributed by atoms with Crippen molar-refractivity contribution < 1.29 is 19.0 Å². The van der Waals surface area contributed by atoms with Crippen molar-refractivity contribution in [2.45, 2.75) is 39.1 Å². The lowest BCUT2D eigenvalue weighted by atomic mass is 10.0. The number of hydrogen-bond acceptors (Lipinski definition) is 6. The molecule has 0 radical (unpaired) electrons. The molecule has 8 nitrogen and oxygen atoms in total. The number of carbonyl (C=O) groups excluding carboxylic acids is 1. The first-order chi connectivity index (χ1) is 13.0. The molecule has 0 fully saturated rings. The molecule has 1 unspecified atom stereocenters. The minimum absolute atomic E-state index is 0.267. The number of amides is 1. The maximum Gasteiger partial charge on any atom is 0.260 e. The smallest absolute Gasteiger partial charge is 0.260 e.